The second-order valence-electron chi connectivity index (χ2n) is 6.91. The Bertz CT molecular complexity index is 697. The Labute approximate surface area is 147 Å². The molecule has 1 aromatic carbocycles. The highest BCUT2D eigenvalue weighted by Crippen LogP contribution is 2.30. The normalized spacial score (nSPS) is 20.4. The molecule has 4 amide bonds. The summed E-state index contributed by atoms with van der Waals surface area (Å²) in [6.07, 6.45) is 0. The van der Waals surface area contributed by atoms with E-state index < -0.39 is 23.3 Å². The van der Waals surface area contributed by atoms with E-state index in [1.54, 1.807) is 11.0 Å². The van der Waals surface area contributed by atoms with Crippen LogP contribution in [0.5, 0.6) is 0 Å². The van der Waals surface area contributed by atoms with Crippen molar-refractivity contribution in [3.63, 3.8) is 0 Å². The number of nitrogens with zero attached hydrogens (tertiary/aromatic N) is 2. The van der Waals surface area contributed by atoms with Crippen molar-refractivity contribution in [2.24, 2.45) is 0 Å². The fraction of sp³-hybridized carbons (Fsp3) is 0.500. The zero-order chi connectivity index (χ0) is 18.9. The molecule has 2 rings (SSSR count). The van der Waals surface area contributed by atoms with E-state index in [2.05, 4.69) is 5.32 Å². The van der Waals surface area contributed by atoms with Gasteiger partial charge in [-0.1, -0.05) is 18.2 Å². The molecule has 0 bridgehead atoms. The van der Waals surface area contributed by atoms with Gasteiger partial charge in [0.2, 0.25) is 5.91 Å². The highest BCUT2D eigenvalue weighted by Gasteiger charge is 2.51. The van der Waals surface area contributed by atoms with Gasteiger partial charge in [-0.3, -0.25) is 14.5 Å². The van der Waals surface area contributed by atoms with Gasteiger partial charge >= 0.3 is 6.03 Å². The van der Waals surface area contributed by atoms with E-state index >= 15 is 0 Å². The number of rotatable bonds is 5. The molecule has 0 spiro atoms. The summed E-state index contributed by atoms with van der Waals surface area (Å²) in [6.45, 7) is 8.55. The van der Waals surface area contributed by atoms with Crippen LogP contribution in [0.2, 0.25) is 0 Å². The number of urea groups is 1. The van der Waals surface area contributed by atoms with Crippen LogP contribution in [-0.2, 0) is 15.1 Å². The molecule has 1 saturated heterocycles. The molecular formula is C18H24FN3O3. The van der Waals surface area contributed by atoms with Crippen LogP contribution in [0.1, 0.15) is 40.2 Å². The van der Waals surface area contributed by atoms with Crippen molar-refractivity contribution in [3.8, 4) is 0 Å². The van der Waals surface area contributed by atoms with Gasteiger partial charge in [-0.25, -0.2) is 9.18 Å². The highest BCUT2D eigenvalue weighted by atomic mass is 19.1. The van der Waals surface area contributed by atoms with Gasteiger partial charge in [0.15, 0.2) is 0 Å². The van der Waals surface area contributed by atoms with E-state index in [0.717, 1.165) is 4.90 Å². The van der Waals surface area contributed by atoms with Crippen LogP contribution in [0.3, 0.4) is 0 Å². The minimum absolute atomic E-state index is 0.0637. The van der Waals surface area contributed by atoms with Gasteiger partial charge in [-0.2, -0.15) is 0 Å². The molecule has 1 atom stereocenters. The molecule has 0 saturated carbocycles. The molecule has 0 aliphatic carbocycles. The van der Waals surface area contributed by atoms with Crippen molar-refractivity contribution in [2.75, 3.05) is 6.54 Å². The minimum Gasteiger partial charge on any atom is -0.336 e. The lowest BCUT2D eigenvalue weighted by Crippen LogP contribution is -2.49. The summed E-state index contributed by atoms with van der Waals surface area (Å²) >= 11 is 0. The van der Waals surface area contributed by atoms with Crippen LogP contribution in [0.25, 0.3) is 0 Å². The van der Waals surface area contributed by atoms with Crippen molar-refractivity contribution in [3.05, 3.63) is 35.6 Å². The number of amides is 4. The predicted octanol–water partition coefficient (Wildman–Crippen LogP) is 2.24. The minimum atomic E-state index is -1.52. The SMILES string of the molecule is CC(C)N(C(=O)CN1C(=O)NC(C)(c2ccccc2F)C1=O)C(C)C. The standard InChI is InChI=1S/C18H24FN3O3/c1-11(2)22(12(3)4)15(23)10-21-16(24)18(5,20-17(21)25)13-8-6-7-9-14(13)19/h6-9,11-12H,10H2,1-5H3,(H,20,25). The molecule has 0 radical (unpaired) electrons. The van der Waals surface area contributed by atoms with Crippen LogP contribution in [-0.4, -0.2) is 46.3 Å². The summed E-state index contributed by atoms with van der Waals surface area (Å²) in [4.78, 5) is 40.1. The van der Waals surface area contributed by atoms with Crippen molar-refractivity contribution in [1.29, 1.82) is 0 Å². The monoisotopic (exact) mass is 349 g/mol. The number of carbonyl (C=O) groups is 3. The Hall–Kier alpha value is -2.44. The molecule has 7 heteroatoms. The molecule has 1 aromatic rings. The first-order valence-electron chi connectivity index (χ1n) is 8.30. The van der Waals surface area contributed by atoms with Gasteiger partial charge in [0.05, 0.1) is 0 Å². The lowest BCUT2D eigenvalue weighted by molar-refractivity contribution is -0.141. The van der Waals surface area contributed by atoms with E-state index in [1.807, 2.05) is 27.7 Å². The largest absolute Gasteiger partial charge is 0.336 e. The topological polar surface area (TPSA) is 69.7 Å². The molecule has 1 heterocycles. The maximum atomic E-state index is 14.1. The smallest absolute Gasteiger partial charge is 0.325 e. The number of hydrogen-bond acceptors (Lipinski definition) is 3. The lowest BCUT2D eigenvalue weighted by Gasteiger charge is -2.32. The van der Waals surface area contributed by atoms with E-state index in [-0.39, 0.29) is 30.1 Å². The molecule has 1 aliphatic rings. The average Bonchev–Trinajstić information content (AvgIpc) is 2.71. The fourth-order valence-corrected chi connectivity index (χ4v) is 3.28. The van der Waals surface area contributed by atoms with Crippen LogP contribution in [0, 0.1) is 5.82 Å². The summed E-state index contributed by atoms with van der Waals surface area (Å²) in [5, 5.41) is 2.52. The van der Waals surface area contributed by atoms with Crippen LogP contribution >= 0.6 is 0 Å². The molecule has 0 aromatic heterocycles. The maximum absolute atomic E-state index is 14.1. The first-order valence-corrected chi connectivity index (χ1v) is 8.30. The molecule has 1 fully saturated rings. The quantitative estimate of drug-likeness (QED) is 0.829. The van der Waals surface area contributed by atoms with Crippen molar-refractivity contribution < 1.29 is 18.8 Å². The van der Waals surface area contributed by atoms with Gasteiger partial charge in [0, 0.05) is 17.6 Å². The van der Waals surface area contributed by atoms with Crippen LogP contribution in [0.4, 0.5) is 9.18 Å². The molecule has 6 nitrogen and oxygen atoms in total. The first-order chi connectivity index (χ1) is 11.6. The van der Waals surface area contributed by atoms with Gasteiger partial charge in [0.1, 0.15) is 17.9 Å². The number of hydrogen-bond donors (Lipinski definition) is 1. The zero-order valence-corrected chi connectivity index (χ0v) is 15.2. The van der Waals surface area contributed by atoms with Gasteiger partial charge in [-0.15, -0.1) is 0 Å². The third-order valence-electron chi connectivity index (χ3n) is 4.38. The number of nitrogens with one attached hydrogen (secondary N) is 1. The number of halogens is 1. The summed E-state index contributed by atoms with van der Waals surface area (Å²) in [7, 11) is 0. The first kappa shape index (κ1) is 18.9. The molecule has 136 valence electrons. The third-order valence-corrected chi connectivity index (χ3v) is 4.38. The molecule has 1 unspecified atom stereocenters. The Kier molecular flexibility index (Phi) is 5.15. The van der Waals surface area contributed by atoms with Gasteiger partial charge < -0.3 is 10.2 Å². The summed E-state index contributed by atoms with van der Waals surface area (Å²) in [6, 6.07) is 4.96. The predicted molar refractivity (Wildman–Crippen MR) is 91.1 cm³/mol. The maximum Gasteiger partial charge on any atom is 0.325 e. The van der Waals surface area contributed by atoms with E-state index in [4.69, 9.17) is 0 Å². The second-order valence-corrected chi connectivity index (χ2v) is 6.91. The van der Waals surface area contributed by atoms with Crippen molar-refractivity contribution >= 4 is 17.8 Å². The Morgan fingerprint density at radius 2 is 1.76 bits per heavy atom. The van der Waals surface area contributed by atoms with Gasteiger partial charge in [-0.05, 0) is 40.7 Å². The highest BCUT2D eigenvalue weighted by molar-refractivity contribution is 6.09. The van der Waals surface area contributed by atoms with Crippen LogP contribution in [0.15, 0.2) is 24.3 Å². The Morgan fingerprint density at radius 3 is 2.28 bits per heavy atom. The molecule has 1 N–H and O–H groups in total. The lowest BCUT2D eigenvalue weighted by atomic mass is 9.91. The Morgan fingerprint density at radius 1 is 1.20 bits per heavy atom. The fourth-order valence-electron chi connectivity index (χ4n) is 3.28. The number of benzene rings is 1. The van der Waals surface area contributed by atoms with E-state index in [9.17, 15) is 18.8 Å². The average molecular weight is 349 g/mol. The van der Waals surface area contributed by atoms with Gasteiger partial charge in [0.25, 0.3) is 5.91 Å². The zero-order valence-electron chi connectivity index (χ0n) is 15.2. The summed E-state index contributed by atoms with van der Waals surface area (Å²) in [5.41, 5.74) is -1.45. The molecule has 25 heavy (non-hydrogen) atoms. The molecular weight excluding hydrogens is 325 g/mol. The number of carbonyl (C=O) groups excluding carboxylic acids is 3. The van der Waals surface area contributed by atoms with E-state index in [0.29, 0.717) is 0 Å². The summed E-state index contributed by atoms with van der Waals surface area (Å²) in [5.74, 6) is -1.55. The van der Waals surface area contributed by atoms with E-state index in [1.165, 1.54) is 25.1 Å². The second kappa shape index (κ2) is 6.82. The van der Waals surface area contributed by atoms with Crippen molar-refractivity contribution in [2.45, 2.75) is 52.2 Å². The van der Waals surface area contributed by atoms with Crippen molar-refractivity contribution in [1.82, 2.24) is 15.1 Å². The van der Waals surface area contributed by atoms with Crippen LogP contribution < -0.4 is 5.32 Å². The molecule has 1 aliphatic heterocycles. The Balaban J connectivity index is 2.27. The third kappa shape index (κ3) is 3.36. The number of imide groups is 1. The summed E-state index contributed by atoms with van der Waals surface area (Å²) < 4.78 is 14.1.